The number of rotatable bonds is 7. The maximum Gasteiger partial charge on any atom is 0.226 e. The summed E-state index contributed by atoms with van der Waals surface area (Å²) in [5.74, 6) is -0.437. The fourth-order valence-electron chi connectivity index (χ4n) is 2.66. The summed E-state index contributed by atoms with van der Waals surface area (Å²) in [4.78, 5) is 36.8. The van der Waals surface area contributed by atoms with Crippen LogP contribution in [0.3, 0.4) is 0 Å². The minimum atomic E-state index is -0.182. The molecular formula is C21H25N3O3. The largest absolute Gasteiger partial charge is 0.326 e. The number of amides is 3. The number of hydrogen-bond acceptors (Lipinski definition) is 3. The highest BCUT2D eigenvalue weighted by Gasteiger charge is 2.13. The lowest BCUT2D eigenvalue weighted by Crippen LogP contribution is -2.31. The molecule has 0 saturated heterocycles. The van der Waals surface area contributed by atoms with Gasteiger partial charge in [0.15, 0.2) is 0 Å². The Hall–Kier alpha value is -3.15. The van der Waals surface area contributed by atoms with Crippen LogP contribution >= 0.6 is 0 Å². The SMILES string of the molecule is CCc1ccc(N(CCC(=O)Nc2ccc(NC(C)=O)cc2)C(C)=O)cc1. The molecule has 6 heteroatoms. The molecule has 2 N–H and O–H groups in total. The van der Waals surface area contributed by atoms with Gasteiger partial charge in [-0.2, -0.15) is 0 Å². The van der Waals surface area contributed by atoms with Gasteiger partial charge in [0.05, 0.1) is 0 Å². The summed E-state index contributed by atoms with van der Waals surface area (Å²) in [6, 6.07) is 14.6. The Morgan fingerprint density at radius 1 is 0.852 bits per heavy atom. The highest BCUT2D eigenvalue weighted by atomic mass is 16.2. The Labute approximate surface area is 159 Å². The van der Waals surface area contributed by atoms with E-state index in [0.29, 0.717) is 17.9 Å². The first-order valence-electron chi connectivity index (χ1n) is 8.93. The normalized spacial score (nSPS) is 10.2. The minimum Gasteiger partial charge on any atom is -0.326 e. The predicted molar refractivity (Wildman–Crippen MR) is 108 cm³/mol. The van der Waals surface area contributed by atoms with Gasteiger partial charge in [-0.1, -0.05) is 19.1 Å². The van der Waals surface area contributed by atoms with E-state index in [1.165, 1.54) is 19.4 Å². The molecule has 0 spiro atoms. The van der Waals surface area contributed by atoms with E-state index in [4.69, 9.17) is 0 Å². The summed E-state index contributed by atoms with van der Waals surface area (Å²) in [5.41, 5.74) is 3.28. The number of benzene rings is 2. The summed E-state index contributed by atoms with van der Waals surface area (Å²) in [6.07, 6.45) is 1.12. The van der Waals surface area contributed by atoms with Gasteiger partial charge in [-0.3, -0.25) is 14.4 Å². The summed E-state index contributed by atoms with van der Waals surface area (Å²) in [6.45, 7) is 5.31. The molecule has 27 heavy (non-hydrogen) atoms. The molecule has 0 fully saturated rings. The second-order valence-corrected chi connectivity index (χ2v) is 6.25. The third-order valence-corrected chi connectivity index (χ3v) is 4.09. The number of aryl methyl sites for hydroxylation is 1. The van der Waals surface area contributed by atoms with E-state index in [1.54, 1.807) is 29.2 Å². The Kier molecular flexibility index (Phi) is 7.11. The van der Waals surface area contributed by atoms with E-state index in [9.17, 15) is 14.4 Å². The topological polar surface area (TPSA) is 78.5 Å². The lowest BCUT2D eigenvalue weighted by molar-refractivity contribution is -0.117. The van der Waals surface area contributed by atoms with Gasteiger partial charge in [-0.25, -0.2) is 0 Å². The van der Waals surface area contributed by atoms with E-state index >= 15 is 0 Å². The maximum atomic E-state index is 12.2. The summed E-state index contributed by atoms with van der Waals surface area (Å²) >= 11 is 0. The maximum absolute atomic E-state index is 12.2. The van der Waals surface area contributed by atoms with Crippen molar-refractivity contribution >= 4 is 34.8 Å². The highest BCUT2D eigenvalue weighted by Crippen LogP contribution is 2.17. The number of hydrogen-bond donors (Lipinski definition) is 2. The van der Waals surface area contributed by atoms with Crippen molar-refractivity contribution in [3.8, 4) is 0 Å². The van der Waals surface area contributed by atoms with Crippen molar-refractivity contribution in [1.29, 1.82) is 0 Å². The first kappa shape index (κ1) is 20.2. The van der Waals surface area contributed by atoms with Gasteiger partial charge in [0.1, 0.15) is 0 Å². The molecule has 6 nitrogen and oxygen atoms in total. The monoisotopic (exact) mass is 367 g/mol. The van der Waals surface area contributed by atoms with Gasteiger partial charge < -0.3 is 15.5 Å². The lowest BCUT2D eigenvalue weighted by atomic mass is 10.1. The second kappa shape index (κ2) is 9.52. The minimum absolute atomic E-state index is 0.105. The molecule has 142 valence electrons. The number of carbonyl (C=O) groups is 3. The molecule has 2 rings (SSSR count). The molecule has 0 atom stereocenters. The summed E-state index contributed by atoms with van der Waals surface area (Å²) in [7, 11) is 0. The van der Waals surface area contributed by atoms with E-state index in [0.717, 1.165) is 12.1 Å². The lowest BCUT2D eigenvalue weighted by Gasteiger charge is -2.21. The second-order valence-electron chi connectivity index (χ2n) is 6.25. The summed E-state index contributed by atoms with van der Waals surface area (Å²) < 4.78 is 0. The first-order valence-corrected chi connectivity index (χ1v) is 8.93. The van der Waals surface area contributed by atoms with Crippen LogP contribution in [0.5, 0.6) is 0 Å². The van der Waals surface area contributed by atoms with Crippen molar-refractivity contribution in [3.05, 3.63) is 54.1 Å². The van der Waals surface area contributed by atoms with Crippen LogP contribution in [0, 0.1) is 0 Å². The van der Waals surface area contributed by atoms with Crippen LogP contribution in [-0.2, 0) is 20.8 Å². The molecule has 0 aliphatic rings. The molecule has 0 unspecified atom stereocenters. The van der Waals surface area contributed by atoms with Crippen LogP contribution in [0.15, 0.2) is 48.5 Å². The van der Waals surface area contributed by atoms with E-state index in [1.807, 2.05) is 24.3 Å². The van der Waals surface area contributed by atoms with Crippen LogP contribution in [0.1, 0.15) is 32.8 Å². The van der Waals surface area contributed by atoms with E-state index in [-0.39, 0.29) is 24.1 Å². The zero-order chi connectivity index (χ0) is 19.8. The smallest absolute Gasteiger partial charge is 0.226 e. The Bertz CT molecular complexity index is 798. The summed E-state index contributed by atoms with van der Waals surface area (Å²) in [5, 5.41) is 5.47. The van der Waals surface area contributed by atoms with Gasteiger partial charge in [-0.05, 0) is 48.4 Å². The van der Waals surface area contributed by atoms with E-state index < -0.39 is 0 Å². The molecule has 3 amide bonds. The molecule has 0 aromatic heterocycles. The molecule has 0 radical (unpaired) electrons. The van der Waals surface area contributed by atoms with Crippen LogP contribution in [0.2, 0.25) is 0 Å². The predicted octanol–water partition coefficient (Wildman–Crippen LogP) is 3.59. The molecule has 0 aliphatic carbocycles. The van der Waals surface area contributed by atoms with Gasteiger partial charge in [0.25, 0.3) is 0 Å². The zero-order valence-corrected chi connectivity index (χ0v) is 15.9. The third-order valence-electron chi connectivity index (χ3n) is 4.09. The average Bonchev–Trinajstić information content (AvgIpc) is 2.63. The zero-order valence-electron chi connectivity index (χ0n) is 15.9. The average molecular weight is 367 g/mol. The van der Waals surface area contributed by atoms with Crippen molar-refractivity contribution < 1.29 is 14.4 Å². The van der Waals surface area contributed by atoms with Gasteiger partial charge in [-0.15, -0.1) is 0 Å². The third kappa shape index (κ3) is 6.26. The molecule has 0 heterocycles. The van der Waals surface area contributed by atoms with Crippen molar-refractivity contribution in [2.75, 3.05) is 22.1 Å². The highest BCUT2D eigenvalue weighted by molar-refractivity contribution is 5.95. The van der Waals surface area contributed by atoms with Crippen LogP contribution in [0.25, 0.3) is 0 Å². The number of nitrogens with zero attached hydrogens (tertiary/aromatic N) is 1. The van der Waals surface area contributed by atoms with Crippen LogP contribution in [0.4, 0.5) is 17.1 Å². The van der Waals surface area contributed by atoms with Gasteiger partial charge in [0, 0.05) is 43.9 Å². The molecule has 0 bridgehead atoms. The Balaban J connectivity index is 1.93. The first-order chi connectivity index (χ1) is 12.9. The molecular weight excluding hydrogens is 342 g/mol. The molecule has 2 aromatic rings. The van der Waals surface area contributed by atoms with Gasteiger partial charge >= 0.3 is 0 Å². The van der Waals surface area contributed by atoms with E-state index in [2.05, 4.69) is 17.6 Å². The fraction of sp³-hybridized carbons (Fsp3) is 0.286. The van der Waals surface area contributed by atoms with Crippen LogP contribution < -0.4 is 15.5 Å². The standard InChI is InChI=1S/C21H25N3O3/c1-4-17-5-11-20(12-6-17)24(16(3)26)14-13-21(27)23-19-9-7-18(8-10-19)22-15(2)25/h5-12H,4,13-14H2,1-3H3,(H,22,25)(H,23,27). The molecule has 0 saturated carbocycles. The van der Waals surface area contributed by atoms with Crippen molar-refractivity contribution in [2.45, 2.75) is 33.6 Å². The molecule has 2 aromatic carbocycles. The molecule has 0 aliphatic heterocycles. The Morgan fingerprint density at radius 2 is 1.41 bits per heavy atom. The Morgan fingerprint density at radius 3 is 1.89 bits per heavy atom. The van der Waals surface area contributed by atoms with Gasteiger partial charge in [0.2, 0.25) is 17.7 Å². The van der Waals surface area contributed by atoms with Crippen molar-refractivity contribution in [1.82, 2.24) is 0 Å². The van der Waals surface area contributed by atoms with Crippen LogP contribution in [-0.4, -0.2) is 24.3 Å². The van der Waals surface area contributed by atoms with Crippen molar-refractivity contribution in [3.63, 3.8) is 0 Å². The number of anilines is 3. The number of nitrogens with one attached hydrogen (secondary N) is 2. The quantitative estimate of drug-likeness (QED) is 0.785. The number of carbonyl (C=O) groups excluding carboxylic acids is 3. The fourth-order valence-corrected chi connectivity index (χ4v) is 2.66. The van der Waals surface area contributed by atoms with Crippen molar-refractivity contribution in [2.24, 2.45) is 0 Å².